The Hall–Kier alpha value is -1.82. The van der Waals surface area contributed by atoms with Crippen LogP contribution in [0.2, 0.25) is 0 Å². The predicted octanol–water partition coefficient (Wildman–Crippen LogP) is 1.83. The van der Waals surface area contributed by atoms with Crippen molar-refractivity contribution < 1.29 is 4.63 Å². The first kappa shape index (κ1) is 14.6. The second kappa shape index (κ2) is 6.09. The highest BCUT2D eigenvalue weighted by Crippen LogP contribution is 2.28. The molecule has 6 nitrogen and oxygen atoms in total. The van der Waals surface area contributed by atoms with Crippen LogP contribution in [0.25, 0.3) is 11.0 Å². The van der Waals surface area contributed by atoms with Gasteiger partial charge in [0, 0.05) is 19.6 Å². The molecule has 0 saturated carbocycles. The molecule has 0 aliphatic rings. The number of benzene rings is 1. The Morgan fingerprint density at radius 3 is 2.50 bits per heavy atom. The van der Waals surface area contributed by atoms with Gasteiger partial charge in [-0.3, -0.25) is 0 Å². The number of anilines is 2. The number of aromatic nitrogens is 2. The van der Waals surface area contributed by atoms with Gasteiger partial charge in [0.05, 0.1) is 11.4 Å². The maximum absolute atomic E-state index is 5.90. The molecule has 0 bridgehead atoms. The average molecular weight is 277 g/mol. The molecule has 1 aromatic heterocycles. The van der Waals surface area contributed by atoms with E-state index in [-0.39, 0.29) is 0 Å². The molecule has 0 spiro atoms. The number of hydrogen-bond donors (Lipinski definition) is 1. The van der Waals surface area contributed by atoms with Crippen molar-refractivity contribution in [2.45, 2.75) is 13.8 Å². The molecule has 0 aliphatic carbocycles. The minimum atomic E-state index is 0.560. The standard InChI is InChI=1S/C14H23N5O/c1-10(2)9-19(8-7-18(3)4)12-6-5-11(15)13-14(12)17-20-16-13/h5-6,10H,7-9,15H2,1-4H3. The van der Waals surface area contributed by atoms with Crippen molar-refractivity contribution >= 4 is 22.4 Å². The van der Waals surface area contributed by atoms with Crippen LogP contribution in [0.3, 0.4) is 0 Å². The average Bonchev–Trinajstić information content (AvgIpc) is 2.85. The second-order valence-electron chi connectivity index (χ2n) is 5.78. The third-order valence-corrected chi connectivity index (χ3v) is 3.17. The van der Waals surface area contributed by atoms with Crippen LogP contribution in [0.1, 0.15) is 13.8 Å². The van der Waals surface area contributed by atoms with Crippen molar-refractivity contribution in [3.8, 4) is 0 Å². The Balaban J connectivity index is 2.34. The van der Waals surface area contributed by atoms with E-state index in [0.29, 0.717) is 17.1 Å². The number of nitrogen functional groups attached to an aromatic ring is 1. The van der Waals surface area contributed by atoms with Gasteiger partial charge in [0.1, 0.15) is 0 Å². The highest BCUT2D eigenvalue weighted by atomic mass is 16.6. The fourth-order valence-electron chi connectivity index (χ4n) is 2.20. The third kappa shape index (κ3) is 3.19. The van der Waals surface area contributed by atoms with E-state index in [4.69, 9.17) is 10.4 Å². The van der Waals surface area contributed by atoms with E-state index in [1.54, 1.807) is 0 Å². The molecular formula is C14H23N5O. The first-order chi connectivity index (χ1) is 9.49. The van der Waals surface area contributed by atoms with Crippen LogP contribution >= 0.6 is 0 Å². The summed E-state index contributed by atoms with van der Waals surface area (Å²) in [5, 5.41) is 7.90. The quantitative estimate of drug-likeness (QED) is 0.812. The summed E-state index contributed by atoms with van der Waals surface area (Å²) in [6, 6.07) is 3.87. The molecule has 2 N–H and O–H groups in total. The maximum Gasteiger partial charge on any atom is 0.160 e. The molecule has 6 heteroatoms. The third-order valence-electron chi connectivity index (χ3n) is 3.17. The van der Waals surface area contributed by atoms with Crippen molar-refractivity contribution in [2.24, 2.45) is 5.92 Å². The summed E-state index contributed by atoms with van der Waals surface area (Å²) in [4.78, 5) is 4.49. The van der Waals surface area contributed by atoms with Crippen LogP contribution in [-0.4, -0.2) is 48.9 Å². The van der Waals surface area contributed by atoms with Gasteiger partial charge in [0.25, 0.3) is 0 Å². The molecule has 0 unspecified atom stereocenters. The Bertz CT molecular complexity index is 564. The highest BCUT2D eigenvalue weighted by molar-refractivity contribution is 5.95. The Labute approximate surface area is 119 Å². The molecule has 0 amide bonds. The predicted molar refractivity (Wildman–Crippen MR) is 81.8 cm³/mol. The second-order valence-corrected chi connectivity index (χ2v) is 5.78. The monoisotopic (exact) mass is 277 g/mol. The van der Waals surface area contributed by atoms with Gasteiger partial charge >= 0.3 is 0 Å². The van der Waals surface area contributed by atoms with E-state index in [1.807, 2.05) is 12.1 Å². The zero-order valence-electron chi connectivity index (χ0n) is 12.6. The van der Waals surface area contributed by atoms with Gasteiger partial charge in [-0.1, -0.05) is 13.8 Å². The first-order valence-corrected chi connectivity index (χ1v) is 6.89. The van der Waals surface area contributed by atoms with Crippen LogP contribution in [0, 0.1) is 5.92 Å². The lowest BCUT2D eigenvalue weighted by molar-refractivity contribution is 0.315. The van der Waals surface area contributed by atoms with Gasteiger partial charge in [0.2, 0.25) is 0 Å². The first-order valence-electron chi connectivity index (χ1n) is 6.89. The molecule has 20 heavy (non-hydrogen) atoms. The van der Waals surface area contributed by atoms with Crippen LogP contribution in [0.4, 0.5) is 11.4 Å². The number of fused-ring (bicyclic) bond motifs is 1. The number of hydrogen-bond acceptors (Lipinski definition) is 6. The lowest BCUT2D eigenvalue weighted by Gasteiger charge is -2.28. The summed E-state index contributed by atoms with van der Waals surface area (Å²) in [5.74, 6) is 0.560. The molecule has 0 fully saturated rings. The van der Waals surface area contributed by atoms with Gasteiger partial charge in [0.15, 0.2) is 11.0 Å². The minimum absolute atomic E-state index is 0.560. The summed E-state index contributed by atoms with van der Waals surface area (Å²) in [6.07, 6.45) is 0. The van der Waals surface area contributed by atoms with Crippen molar-refractivity contribution in [2.75, 3.05) is 44.4 Å². The Morgan fingerprint density at radius 1 is 1.15 bits per heavy atom. The summed E-state index contributed by atoms with van der Waals surface area (Å²) >= 11 is 0. The Morgan fingerprint density at radius 2 is 1.85 bits per heavy atom. The zero-order chi connectivity index (χ0) is 14.7. The van der Waals surface area contributed by atoms with E-state index in [9.17, 15) is 0 Å². The van der Waals surface area contributed by atoms with Crippen molar-refractivity contribution in [3.63, 3.8) is 0 Å². The molecule has 0 aliphatic heterocycles. The molecule has 1 aromatic carbocycles. The molecule has 1 heterocycles. The maximum atomic E-state index is 5.90. The van der Waals surface area contributed by atoms with Crippen LogP contribution in [-0.2, 0) is 0 Å². The molecule has 0 saturated heterocycles. The van der Waals surface area contributed by atoms with Crippen LogP contribution < -0.4 is 10.6 Å². The van der Waals surface area contributed by atoms with Crippen molar-refractivity contribution in [1.29, 1.82) is 0 Å². The Kier molecular flexibility index (Phi) is 4.44. The lowest BCUT2D eigenvalue weighted by atomic mass is 10.1. The van der Waals surface area contributed by atoms with Crippen molar-refractivity contribution in [1.82, 2.24) is 15.2 Å². The van der Waals surface area contributed by atoms with Crippen LogP contribution in [0.5, 0.6) is 0 Å². The van der Waals surface area contributed by atoms with Gasteiger partial charge in [-0.15, -0.1) is 0 Å². The van der Waals surface area contributed by atoms with E-state index in [1.165, 1.54) is 0 Å². The minimum Gasteiger partial charge on any atom is -0.397 e. The molecule has 2 aromatic rings. The molecule has 110 valence electrons. The highest BCUT2D eigenvalue weighted by Gasteiger charge is 2.16. The topological polar surface area (TPSA) is 71.4 Å². The number of likely N-dealkylation sites (N-methyl/N-ethyl adjacent to an activating group) is 1. The van der Waals surface area contributed by atoms with Crippen LogP contribution in [0.15, 0.2) is 16.8 Å². The van der Waals surface area contributed by atoms with E-state index in [0.717, 1.165) is 30.8 Å². The summed E-state index contributed by atoms with van der Waals surface area (Å²) in [5.41, 5.74) is 8.92. The summed E-state index contributed by atoms with van der Waals surface area (Å²) in [6.45, 7) is 7.27. The fourth-order valence-corrected chi connectivity index (χ4v) is 2.20. The zero-order valence-corrected chi connectivity index (χ0v) is 12.6. The van der Waals surface area contributed by atoms with Gasteiger partial charge < -0.3 is 15.5 Å². The number of nitrogens with two attached hydrogens (primary N) is 1. The van der Waals surface area contributed by atoms with E-state index >= 15 is 0 Å². The largest absolute Gasteiger partial charge is 0.397 e. The molecule has 2 rings (SSSR count). The molecular weight excluding hydrogens is 254 g/mol. The SMILES string of the molecule is CC(C)CN(CCN(C)C)c1ccc(N)c2nonc12. The normalized spacial score (nSPS) is 11.7. The smallest absolute Gasteiger partial charge is 0.160 e. The lowest BCUT2D eigenvalue weighted by Crippen LogP contribution is -2.34. The van der Waals surface area contributed by atoms with Gasteiger partial charge in [-0.2, -0.15) is 0 Å². The van der Waals surface area contributed by atoms with Gasteiger partial charge in [-0.05, 0) is 42.5 Å². The summed E-state index contributed by atoms with van der Waals surface area (Å²) in [7, 11) is 4.15. The van der Waals surface area contributed by atoms with Crippen molar-refractivity contribution in [3.05, 3.63) is 12.1 Å². The number of rotatable bonds is 6. The molecule has 0 atom stereocenters. The summed E-state index contributed by atoms with van der Waals surface area (Å²) < 4.78 is 4.85. The van der Waals surface area contributed by atoms with E-state index in [2.05, 4.69) is 48.1 Å². The molecule has 0 radical (unpaired) electrons. The number of nitrogens with zero attached hydrogens (tertiary/aromatic N) is 4. The van der Waals surface area contributed by atoms with Gasteiger partial charge in [-0.25, -0.2) is 4.63 Å². The van der Waals surface area contributed by atoms with E-state index < -0.39 is 0 Å². The fraction of sp³-hybridized carbons (Fsp3) is 0.571.